The second-order valence-corrected chi connectivity index (χ2v) is 6.51. The van der Waals surface area contributed by atoms with Gasteiger partial charge in [-0.05, 0) is 49.1 Å². The molecular formula is C17H15BrN2O3. The van der Waals surface area contributed by atoms with E-state index in [1.54, 1.807) is 17.0 Å². The van der Waals surface area contributed by atoms with Crippen LogP contribution in [0.1, 0.15) is 27.9 Å². The number of nitro groups is 1. The van der Waals surface area contributed by atoms with Gasteiger partial charge in [-0.1, -0.05) is 22.0 Å². The molecular weight excluding hydrogens is 360 g/mol. The SMILES string of the molecule is Cc1cc(Br)cc2c1N(C(=O)c1cccc([N+](=O)[O-])c1)CCC2. The highest BCUT2D eigenvalue weighted by atomic mass is 79.9. The van der Waals surface area contributed by atoms with Crippen LogP contribution in [0.15, 0.2) is 40.9 Å². The molecule has 0 fully saturated rings. The number of aryl methyl sites for hydroxylation is 2. The van der Waals surface area contributed by atoms with E-state index in [9.17, 15) is 14.9 Å². The maximum absolute atomic E-state index is 12.9. The second-order valence-electron chi connectivity index (χ2n) is 5.60. The highest BCUT2D eigenvalue weighted by Crippen LogP contribution is 2.34. The Morgan fingerprint density at radius 3 is 2.83 bits per heavy atom. The van der Waals surface area contributed by atoms with E-state index in [0.29, 0.717) is 12.1 Å². The van der Waals surface area contributed by atoms with Gasteiger partial charge in [0.1, 0.15) is 0 Å². The monoisotopic (exact) mass is 374 g/mol. The van der Waals surface area contributed by atoms with Gasteiger partial charge in [-0.3, -0.25) is 14.9 Å². The highest BCUT2D eigenvalue weighted by molar-refractivity contribution is 9.10. The van der Waals surface area contributed by atoms with Crippen LogP contribution in [-0.4, -0.2) is 17.4 Å². The first-order valence-corrected chi connectivity index (χ1v) is 8.12. The molecule has 23 heavy (non-hydrogen) atoms. The number of nitrogens with zero attached hydrogens (tertiary/aromatic N) is 2. The van der Waals surface area contributed by atoms with E-state index in [-0.39, 0.29) is 11.6 Å². The third-order valence-corrected chi connectivity index (χ3v) is 4.45. The zero-order chi connectivity index (χ0) is 16.6. The summed E-state index contributed by atoms with van der Waals surface area (Å²) in [7, 11) is 0. The summed E-state index contributed by atoms with van der Waals surface area (Å²) < 4.78 is 0.999. The standard InChI is InChI=1S/C17H15BrN2O3/c1-11-8-14(18)9-12-5-3-7-19(16(11)12)17(21)13-4-2-6-15(10-13)20(22)23/h2,4,6,8-10H,3,5,7H2,1H3. The summed E-state index contributed by atoms with van der Waals surface area (Å²) >= 11 is 3.49. The Morgan fingerprint density at radius 2 is 2.09 bits per heavy atom. The molecule has 2 aromatic carbocycles. The van der Waals surface area contributed by atoms with Crippen LogP contribution < -0.4 is 4.90 Å². The molecule has 0 saturated carbocycles. The summed E-state index contributed by atoms with van der Waals surface area (Å²) in [4.78, 5) is 25.0. The number of rotatable bonds is 2. The van der Waals surface area contributed by atoms with Gasteiger partial charge in [-0.15, -0.1) is 0 Å². The van der Waals surface area contributed by atoms with Crippen molar-refractivity contribution in [2.75, 3.05) is 11.4 Å². The summed E-state index contributed by atoms with van der Waals surface area (Å²) in [5.74, 6) is -0.194. The summed E-state index contributed by atoms with van der Waals surface area (Å²) in [6, 6.07) is 9.92. The number of benzene rings is 2. The zero-order valence-corrected chi connectivity index (χ0v) is 14.2. The number of carbonyl (C=O) groups is 1. The van der Waals surface area contributed by atoms with Gasteiger partial charge in [0.05, 0.1) is 10.6 Å². The lowest BCUT2D eigenvalue weighted by molar-refractivity contribution is -0.384. The van der Waals surface area contributed by atoms with E-state index in [2.05, 4.69) is 15.9 Å². The molecule has 0 radical (unpaired) electrons. The molecule has 1 heterocycles. The Balaban J connectivity index is 2.02. The molecule has 0 N–H and O–H groups in total. The first-order valence-electron chi connectivity index (χ1n) is 7.32. The van der Waals surface area contributed by atoms with Gasteiger partial charge >= 0.3 is 0 Å². The van der Waals surface area contributed by atoms with Gasteiger partial charge in [0, 0.05) is 28.7 Å². The van der Waals surface area contributed by atoms with Gasteiger partial charge in [-0.2, -0.15) is 0 Å². The van der Waals surface area contributed by atoms with Crippen molar-refractivity contribution in [2.24, 2.45) is 0 Å². The lowest BCUT2D eigenvalue weighted by Gasteiger charge is -2.31. The van der Waals surface area contributed by atoms with Crippen molar-refractivity contribution in [3.8, 4) is 0 Å². The summed E-state index contributed by atoms with van der Waals surface area (Å²) in [5.41, 5.74) is 3.35. The fraction of sp³-hybridized carbons (Fsp3) is 0.235. The fourth-order valence-corrected chi connectivity index (χ4v) is 3.65. The van der Waals surface area contributed by atoms with Gasteiger partial charge in [0.25, 0.3) is 11.6 Å². The molecule has 118 valence electrons. The molecule has 0 saturated heterocycles. The molecule has 2 aromatic rings. The molecule has 0 bridgehead atoms. The molecule has 1 amide bonds. The molecule has 3 rings (SSSR count). The van der Waals surface area contributed by atoms with E-state index in [1.807, 2.05) is 19.1 Å². The lowest BCUT2D eigenvalue weighted by Crippen LogP contribution is -2.36. The summed E-state index contributed by atoms with van der Waals surface area (Å²) in [6.45, 7) is 2.60. The van der Waals surface area contributed by atoms with Crippen molar-refractivity contribution >= 4 is 33.2 Å². The first kappa shape index (κ1) is 15.7. The quantitative estimate of drug-likeness (QED) is 0.582. The maximum Gasteiger partial charge on any atom is 0.270 e. The molecule has 0 aromatic heterocycles. The van der Waals surface area contributed by atoms with Crippen molar-refractivity contribution in [3.05, 3.63) is 67.7 Å². The smallest absolute Gasteiger partial charge is 0.270 e. The largest absolute Gasteiger partial charge is 0.308 e. The van der Waals surface area contributed by atoms with Crippen LogP contribution in [0.2, 0.25) is 0 Å². The average Bonchev–Trinajstić information content (AvgIpc) is 2.53. The van der Waals surface area contributed by atoms with Crippen molar-refractivity contribution in [1.82, 2.24) is 0 Å². The number of carbonyl (C=O) groups excluding carboxylic acids is 1. The minimum atomic E-state index is -0.483. The first-order chi connectivity index (χ1) is 11.0. The normalized spacial score (nSPS) is 13.6. The topological polar surface area (TPSA) is 63.5 Å². The number of halogens is 1. The van der Waals surface area contributed by atoms with E-state index in [0.717, 1.165) is 34.1 Å². The van der Waals surface area contributed by atoms with Crippen LogP contribution in [0.3, 0.4) is 0 Å². The van der Waals surface area contributed by atoms with Crippen molar-refractivity contribution in [3.63, 3.8) is 0 Å². The molecule has 0 atom stereocenters. The van der Waals surface area contributed by atoms with E-state index in [4.69, 9.17) is 0 Å². The minimum Gasteiger partial charge on any atom is -0.308 e. The van der Waals surface area contributed by atoms with E-state index < -0.39 is 4.92 Å². The predicted molar refractivity (Wildman–Crippen MR) is 92.0 cm³/mol. The van der Waals surface area contributed by atoms with Crippen LogP contribution in [0, 0.1) is 17.0 Å². The predicted octanol–water partition coefficient (Wildman–Crippen LogP) is 4.26. The van der Waals surface area contributed by atoms with Crippen LogP contribution in [0.4, 0.5) is 11.4 Å². The fourth-order valence-electron chi connectivity index (χ4n) is 3.03. The average molecular weight is 375 g/mol. The Labute approximate surface area is 142 Å². The number of anilines is 1. The summed E-state index contributed by atoms with van der Waals surface area (Å²) in [6.07, 6.45) is 1.80. The van der Waals surface area contributed by atoms with Crippen molar-refractivity contribution in [2.45, 2.75) is 19.8 Å². The second kappa shape index (κ2) is 6.12. The van der Waals surface area contributed by atoms with Gasteiger partial charge in [-0.25, -0.2) is 0 Å². The molecule has 6 heteroatoms. The highest BCUT2D eigenvalue weighted by Gasteiger charge is 2.26. The van der Waals surface area contributed by atoms with Crippen LogP contribution in [0.5, 0.6) is 0 Å². The van der Waals surface area contributed by atoms with Gasteiger partial charge in [0.2, 0.25) is 0 Å². The van der Waals surface area contributed by atoms with E-state index >= 15 is 0 Å². The Bertz CT molecular complexity index is 804. The van der Waals surface area contributed by atoms with Crippen molar-refractivity contribution in [1.29, 1.82) is 0 Å². The Kier molecular flexibility index (Phi) is 4.17. The number of amides is 1. The molecule has 1 aliphatic heterocycles. The van der Waals surface area contributed by atoms with Gasteiger partial charge < -0.3 is 4.90 Å². The number of fused-ring (bicyclic) bond motifs is 1. The number of nitro benzene ring substituents is 1. The third kappa shape index (κ3) is 2.99. The number of hydrogen-bond acceptors (Lipinski definition) is 3. The Hall–Kier alpha value is -2.21. The van der Waals surface area contributed by atoms with Crippen LogP contribution >= 0.6 is 15.9 Å². The minimum absolute atomic E-state index is 0.0689. The van der Waals surface area contributed by atoms with Crippen molar-refractivity contribution < 1.29 is 9.72 Å². The molecule has 0 spiro atoms. The molecule has 0 unspecified atom stereocenters. The van der Waals surface area contributed by atoms with E-state index in [1.165, 1.54) is 12.1 Å². The Morgan fingerprint density at radius 1 is 1.30 bits per heavy atom. The maximum atomic E-state index is 12.9. The number of hydrogen-bond donors (Lipinski definition) is 0. The molecule has 0 aliphatic carbocycles. The van der Waals surface area contributed by atoms with Gasteiger partial charge in [0.15, 0.2) is 0 Å². The molecule has 1 aliphatic rings. The summed E-state index contributed by atoms with van der Waals surface area (Å²) in [5, 5.41) is 10.9. The van der Waals surface area contributed by atoms with Crippen LogP contribution in [-0.2, 0) is 6.42 Å². The lowest BCUT2D eigenvalue weighted by atomic mass is 9.97. The zero-order valence-electron chi connectivity index (χ0n) is 12.6. The number of non-ortho nitro benzene ring substituents is 1. The molecule has 5 nitrogen and oxygen atoms in total. The van der Waals surface area contributed by atoms with Crippen LogP contribution in [0.25, 0.3) is 0 Å². The third-order valence-electron chi connectivity index (χ3n) is 3.99.